The minimum atomic E-state index is -3.96. The van der Waals surface area contributed by atoms with Gasteiger partial charge in [-0.15, -0.1) is 0 Å². The lowest BCUT2D eigenvalue weighted by Gasteiger charge is -2.27. The van der Waals surface area contributed by atoms with Crippen LogP contribution in [-0.2, 0) is 14.8 Å². The molecule has 2 aromatic rings. The number of hydrogen-bond acceptors (Lipinski definition) is 8. The molecule has 10 nitrogen and oxygen atoms in total. The summed E-state index contributed by atoms with van der Waals surface area (Å²) in [6, 6.07) is 8.87. The van der Waals surface area contributed by atoms with E-state index in [-0.39, 0.29) is 42.6 Å². The van der Waals surface area contributed by atoms with Crippen molar-refractivity contribution in [1.29, 1.82) is 0 Å². The van der Waals surface area contributed by atoms with Crippen LogP contribution >= 0.6 is 0 Å². The molecule has 11 heteroatoms. The zero-order valence-electron chi connectivity index (χ0n) is 15.4. The third-order valence-corrected chi connectivity index (χ3v) is 6.52. The van der Waals surface area contributed by atoms with E-state index in [9.17, 15) is 18.5 Å². The molecule has 4 rings (SSSR count). The lowest BCUT2D eigenvalue weighted by atomic mass is 10.2. The maximum Gasteiger partial charge on any atom is 0.270 e. The van der Waals surface area contributed by atoms with Crippen LogP contribution in [0.25, 0.3) is 0 Å². The molecule has 1 fully saturated rings. The van der Waals surface area contributed by atoms with Crippen LogP contribution in [0.1, 0.15) is 0 Å². The number of nitro benzene ring substituents is 1. The molecule has 0 radical (unpaired) electrons. The fraction of sp³-hybridized carbons (Fsp3) is 0.333. The topological polar surface area (TPSA) is 120 Å². The first-order valence-corrected chi connectivity index (χ1v) is 10.4. The number of morpholine rings is 1. The summed E-state index contributed by atoms with van der Waals surface area (Å²) in [5, 5.41) is 14.3. The zero-order chi connectivity index (χ0) is 20.4. The summed E-state index contributed by atoms with van der Waals surface area (Å²) in [6.07, 6.45) is 0. The molecule has 2 aliphatic heterocycles. The Morgan fingerprint density at radius 3 is 2.41 bits per heavy atom. The Morgan fingerprint density at radius 2 is 1.69 bits per heavy atom. The molecule has 2 aromatic carbocycles. The third kappa shape index (κ3) is 3.97. The first-order valence-electron chi connectivity index (χ1n) is 8.98. The predicted molar refractivity (Wildman–Crippen MR) is 103 cm³/mol. The van der Waals surface area contributed by atoms with Crippen molar-refractivity contribution < 1.29 is 27.6 Å². The summed E-state index contributed by atoms with van der Waals surface area (Å²) < 4.78 is 43.9. The van der Waals surface area contributed by atoms with Gasteiger partial charge in [-0.1, -0.05) is 0 Å². The predicted octanol–water partition coefficient (Wildman–Crippen LogP) is 2.13. The Balaban J connectivity index is 1.72. The summed E-state index contributed by atoms with van der Waals surface area (Å²) in [7, 11) is -3.96. The lowest BCUT2D eigenvalue weighted by Crippen LogP contribution is -2.40. The summed E-state index contributed by atoms with van der Waals surface area (Å²) in [5.74, 6) is 1.15. The minimum absolute atomic E-state index is 0.163. The van der Waals surface area contributed by atoms with Crippen LogP contribution in [0.2, 0.25) is 0 Å². The van der Waals surface area contributed by atoms with Gasteiger partial charge in [0.25, 0.3) is 5.69 Å². The van der Waals surface area contributed by atoms with Gasteiger partial charge in [-0.25, -0.2) is 8.42 Å². The Hall–Kier alpha value is -2.89. The Morgan fingerprint density at radius 1 is 0.966 bits per heavy atom. The van der Waals surface area contributed by atoms with Crippen molar-refractivity contribution in [3.8, 4) is 11.5 Å². The number of benzene rings is 2. The molecule has 0 aromatic heterocycles. The number of anilines is 2. The molecule has 0 amide bonds. The molecule has 0 aliphatic carbocycles. The van der Waals surface area contributed by atoms with Crippen molar-refractivity contribution >= 4 is 27.1 Å². The average molecular weight is 421 g/mol. The number of nitro groups is 1. The summed E-state index contributed by atoms with van der Waals surface area (Å²) in [5.41, 5.74) is 0.504. The molecule has 0 saturated carbocycles. The number of non-ortho nitro benzene ring substituents is 1. The van der Waals surface area contributed by atoms with Gasteiger partial charge < -0.3 is 19.5 Å². The Kier molecular flexibility index (Phi) is 5.26. The Labute approximate surface area is 167 Å². The molecular weight excluding hydrogens is 402 g/mol. The van der Waals surface area contributed by atoms with E-state index in [1.807, 2.05) is 0 Å². The van der Waals surface area contributed by atoms with Crippen LogP contribution in [0.3, 0.4) is 0 Å². The summed E-state index contributed by atoms with van der Waals surface area (Å²) in [6.45, 7) is 1.82. The standard InChI is InChI=1S/C18H19N3O7S/c22-21(23)14-2-3-15(18(12-14)29(24,25)20-5-7-26-8-6-20)19-13-1-4-16-17(11-13)28-10-9-27-16/h1-4,11-12,19H,5-10H2. The molecule has 1 N–H and O–H groups in total. The highest BCUT2D eigenvalue weighted by Gasteiger charge is 2.30. The second-order valence-corrected chi connectivity index (χ2v) is 8.34. The van der Waals surface area contributed by atoms with Crippen LogP contribution in [0.15, 0.2) is 41.3 Å². The van der Waals surface area contributed by atoms with Gasteiger partial charge in [0.05, 0.1) is 23.8 Å². The molecule has 2 aliphatic rings. The molecule has 0 atom stereocenters. The first kappa shape index (κ1) is 19.4. The van der Waals surface area contributed by atoms with Gasteiger partial charge in [-0.05, 0) is 18.2 Å². The van der Waals surface area contributed by atoms with Crippen molar-refractivity contribution in [3.05, 3.63) is 46.5 Å². The van der Waals surface area contributed by atoms with Crippen LogP contribution in [0.5, 0.6) is 11.5 Å². The van der Waals surface area contributed by atoms with E-state index in [0.717, 1.165) is 6.07 Å². The highest BCUT2D eigenvalue weighted by Crippen LogP contribution is 2.36. The van der Waals surface area contributed by atoms with Crippen molar-refractivity contribution in [2.45, 2.75) is 4.90 Å². The van der Waals surface area contributed by atoms with E-state index < -0.39 is 14.9 Å². The molecule has 1 saturated heterocycles. The minimum Gasteiger partial charge on any atom is -0.486 e. The van der Waals surface area contributed by atoms with E-state index >= 15 is 0 Å². The van der Waals surface area contributed by atoms with Gasteiger partial charge >= 0.3 is 0 Å². The van der Waals surface area contributed by atoms with Crippen LogP contribution < -0.4 is 14.8 Å². The SMILES string of the molecule is O=[N+]([O-])c1ccc(Nc2ccc3c(c2)OCCO3)c(S(=O)(=O)N2CCOCC2)c1. The van der Waals surface area contributed by atoms with Gasteiger partial charge in [0.1, 0.15) is 18.1 Å². The van der Waals surface area contributed by atoms with Gasteiger partial charge in [0, 0.05) is 37.0 Å². The summed E-state index contributed by atoms with van der Waals surface area (Å²) in [4.78, 5) is 10.4. The third-order valence-electron chi connectivity index (χ3n) is 4.59. The number of nitrogens with zero attached hydrogens (tertiary/aromatic N) is 2. The van der Waals surface area contributed by atoms with E-state index in [2.05, 4.69) is 5.32 Å². The molecule has 154 valence electrons. The zero-order valence-corrected chi connectivity index (χ0v) is 16.2. The number of sulfonamides is 1. The normalized spacial score (nSPS) is 17.0. The summed E-state index contributed by atoms with van der Waals surface area (Å²) >= 11 is 0. The van der Waals surface area contributed by atoms with Gasteiger partial charge in [-0.3, -0.25) is 10.1 Å². The highest BCUT2D eigenvalue weighted by molar-refractivity contribution is 7.89. The van der Waals surface area contributed by atoms with E-state index in [1.165, 1.54) is 16.4 Å². The molecule has 0 unspecified atom stereocenters. The second-order valence-electron chi connectivity index (χ2n) is 6.44. The largest absolute Gasteiger partial charge is 0.486 e. The van der Waals surface area contributed by atoms with Gasteiger partial charge in [-0.2, -0.15) is 4.31 Å². The molecular formula is C18H19N3O7S. The molecule has 0 bridgehead atoms. The number of ether oxygens (including phenoxy) is 3. The van der Waals surface area contributed by atoms with Gasteiger partial charge in [0.15, 0.2) is 11.5 Å². The quantitative estimate of drug-likeness (QED) is 0.576. The first-order chi connectivity index (χ1) is 13.9. The lowest BCUT2D eigenvalue weighted by molar-refractivity contribution is -0.385. The van der Waals surface area contributed by atoms with Gasteiger partial charge in [0.2, 0.25) is 10.0 Å². The van der Waals surface area contributed by atoms with Crippen LogP contribution in [-0.4, -0.2) is 57.2 Å². The Bertz CT molecular complexity index is 1040. The number of rotatable bonds is 5. The van der Waals surface area contributed by atoms with Crippen LogP contribution in [0.4, 0.5) is 17.1 Å². The van der Waals surface area contributed by atoms with Crippen molar-refractivity contribution in [1.82, 2.24) is 4.31 Å². The molecule has 0 spiro atoms. The fourth-order valence-corrected chi connectivity index (χ4v) is 4.72. The highest BCUT2D eigenvalue weighted by atomic mass is 32.2. The van der Waals surface area contributed by atoms with E-state index in [0.29, 0.717) is 30.4 Å². The fourth-order valence-electron chi connectivity index (χ4n) is 3.14. The average Bonchev–Trinajstić information content (AvgIpc) is 2.74. The number of hydrogen-bond donors (Lipinski definition) is 1. The van der Waals surface area contributed by atoms with Crippen molar-refractivity contribution in [2.24, 2.45) is 0 Å². The molecule has 29 heavy (non-hydrogen) atoms. The smallest absolute Gasteiger partial charge is 0.270 e. The second kappa shape index (κ2) is 7.85. The van der Waals surface area contributed by atoms with E-state index in [4.69, 9.17) is 14.2 Å². The number of nitrogens with one attached hydrogen (secondary N) is 1. The van der Waals surface area contributed by atoms with E-state index in [1.54, 1.807) is 18.2 Å². The van der Waals surface area contributed by atoms with Crippen molar-refractivity contribution in [2.75, 3.05) is 44.8 Å². The molecule has 2 heterocycles. The maximum absolute atomic E-state index is 13.2. The van der Waals surface area contributed by atoms with Crippen molar-refractivity contribution in [3.63, 3.8) is 0 Å². The van der Waals surface area contributed by atoms with Crippen LogP contribution in [0, 0.1) is 10.1 Å². The number of fused-ring (bicyclic) bond motifs is 1. The maximum atomic E-state index is 13.2. The monoisotopic (exact) mass is 421 g/mol.